The van der Waals surface area contributed by atoms with Gasteiger partial charge in [0.25, 0.3) is 5.91 Å². The summed E-state index contributed by atoms with van der Waals surface area (Å²) in [6.07, 6.45) is 3.25. The van der Waals surface area contributed by atoms with E-state index in [4.69, 9.17) is 0 Å². The highest BCUT2D eigenvalue weighted by Gasteiger charge is 2.27. The normalized spacial score (nSPS) is 20.0. The van der Waals surface area contributed by atoms with Crippen LogP contribution in [0.2, 0.25) is 0 Å². The third kappa shape index (κ3) is 5.85. The SMILES string of the molecule is COC(=O)CNC(=O)C1CCC(CNC(=O)c2cc(Br)c(Br)[nH]2)CC1. The Morgan fingerprint density at radius 1 is 1.20 bits per heavy atom. The van der Waals surface area contributed by atoms with Crippen LogP contribution in [-0.4, -0.2) is 43.0 Å². The molecule has 1 aliphatic carbocycles. The third-order valence-corrected chi connectivity index (χ3v) is 6.16. The number of hydrogen-bond donors (Lipinski definition) is 3. The van der Waals surface area contributed by atoms with Gasteiger partial charge in [-0.15, -0.1) is 0 Å². The summed E-state index contributed by atoms with van der Waals surface area (Å²) >= 11 is 6.64. The molecule has 1 aromatic rings. The molecule has 0 aromatic carbocycles. The van der Waals surface area contributed by atoms with Gasteiger partial charge in [-0.2, -0.15) is 0 Å². The number of halogens is 2. The summed E-state index contributed by atoms with van der Waals surface area (Å²) in [5.74, 6) is -0.423. The maximum Gasteiger partial charge on any atom is 0.325 e. The lowest BCUT2D eigenvalue weighted by Gasteiger charge is -2.27. The van der Waals surface area contributed by atoms with E-state index < -0.39 is 5.97 Å². The predicted molar refractivity (Wildman–Crippen MR) is 99.0 cm³/mol. The third-order valence-electron chi connectivity index (χ3n) is 4.37. The zero-order valence-electron chi connectivity index (χ0n) is 13.9. The Balaban J connectivity index is 1.70. The first-order valence-corrected chi connectivity index (χ1v) is 9.66. The zero-order chi connectivity index (χ0) is 18.4. The molecule has 9 heteroatoms. The van der Waals surface area contributed by atoms with Crippen LogP contribution in [0.15, 0.2) is 15.1 Å². The molecular formula is C16H21Br2N3O4. The van der Waals surface area contributed by atoms with Gasteiger partial charge in [0.2, 0.25) is 5.91 Å². The first-order valence-electron chi connectivity index (χ1n) is 8.07. The molecule has 0 radical (unpaired) electrons. The van der Waals surface area contributed by atoms with Gasteiger partial charge in [-0.05, 0) is 69.5 Å². The number of carbonyl (C=O) groups excluding carboxylic acids is 3. The van der Waals surface area contributed by atoms with Gasteiger partial charge in [0.15, 0.2) is 0 Å². The fourth-order valence-electron chi connectivity index (χ4n) is 2.86. The Morgan fingerprint density at radius 3 is 2.44 bits per heavy atom. The highest BCUT2D eigenvalue weighted by molar-refractivity contribution is 9.13. The van der Waals surface area contributed by atoms with Crippen LogP contribution in [0.4, 0.5) is 0 Å². The standard InChI is InChI=1S/C16H21Br2N3O4/c1-25-13(22)8-20-15(23)10-4-2-9(3-5-10)7-19-16(24)12-6-11(17)14(18)21-12/h6,9-10,21H,2-5,7-8H2,1H3,(H,19,24)(H,20,23). The van der Waals surface area contributed by atoms with Crippen molar-refractivity contribution in [1.82, 2.24) is 15.6 Å². The lowest BCUT2D eigenvalue weighted by atomic mass is 9.81. The minimum absolute atomic E-state index is 0.0769. The lowest BCUT2D eigenvalue weighted by Crippen LogP contribution is -2.38. The van der Waals surface area contributed by atoms with E-state index in [1.54, 1.807) is 6.07 Å². The number of esters is 1. The smallest absolute Gasteiger partial charge is 0.325 e. The average Bonchev–Trinajstić information content (AvgIpc) is 2.96. The number of rotatable bonds is 6. The molecule has 138 valence electrons. The van der Waals surface area contributed by atoms with Crippen molar-refractivity contribution in [2.24, 2.45) is 11.8 Å². The van der Waals surface area contributed by atoms with Gasteiger partial charge < -0.3 is 20.4 Å². The molecule has 25 heavy (non-hydrogen) atoms. The number of H-pyrrole nitrogens is 1. The minimum atomic E-state index is -0.452. The monoisotopic (exact) mass is 477 g/mol. The lowest BCUT2D eigenvalue weighted by molar-refractivity contribution is -0.141. The number of hydrogen-bond acceptors (Lipinski definition) is 4. The molecule has 7 nitrogen and oxygen atoms in total. The van der Waals surface area contributed by atoms with Gasteiger partial charge in [0.05, 0.1) is 16.2 Å². The molecule has 1 saturated carbocycles. The maximum absolute atomic E-state index is 12.1. The molecule has 3 N–H and O–H groups in total. The van der Waals surface area contributed by atoms with Crippen LogP contribution in [0.5, 0.6) is 0 Å². The molecule has 1 heterocycles. The van der Waals surface area contributed by atoms with E-state index in [1.807, 2.05) is 0 Å². The van der Waals surface area contributed by atoms with E-state index in [9.17, 15) is 14.4 Å². The van der Waals surface area contributed by atoms with Crippen LogP contribution < -0.4 is 10.6 Å². The minimum Gasteiger partial charge on any atom is -0.468 e. The molecule has 0 aliphatic heterocycles. The topological polar surface area (TPSA) is 100 Å². The van der Waals surface area contributed by atoms with Gasteiger partial charge in [0.1, 0.15) is 12.2 Å². The van der Waals surface area contributed by atoms with Crippen molar-refractivity contribution >= 4 is 49.6 Å². The summed E-state index contributed by atoms with van der Waals surface area (Å²) in [4.78, 5) is 38.1. The summed E-state index contributed by atoms with van der Waals surface area (Å²) in [6.45, 7) is 0.496. The quantitative estimate of drug-likeness (QED) is 0.546. The molecule has 0 bridgehead atoms. The summed E-state index contributed by atoms with van der Waals surface area (Å²) in [7, 11) is 1.29. The Hall–Kier alpha value is -1.35. The van der Waals surface area contributed by atoms with Crippen molar-refractivity contribution in [2.75, 3.05) is 20.2 Å². The summed E-state index contributed by atoms with van der Waals surface area (Å²) in [5, 5.41) is 5.53. The number of nitrogens with one attached hydrogen (secondary N) is 3. The Morgan fingerprint density at radius 2 is 1.88 bits per heavy atom. The van der Waals surface area contributed by atoms with E-state index in [2.05, 4.69) is 52.2 Å². The molecular weight excluding hydrogens is 458 g/mol. The molecule has 0 unspecified atom stereocenters. The molecule has 0 atom stereocenters. The van der Waals surface area contributed by atoms with E-state index in [0.717, 1.165) is 34.8 Å². The second-order valence-corrected chi connectivity index (χ2v) is 7.71. The molecule has 1 fully saturated rings. The Bertz CT molecular complexity index is 620. The second kappa shape index (κ2) is 9.38. The van der Waals surface area contributed by atoms with E-state index in [1.165, 1.54) is 7.11 Å². The van der Waals surface area contributed by atoms with E-state index >= 15 is 0 Å². The molecule has 1 aromatic heterocycles. The fraction of sp³-hybridized carbons (Fsp3) is 0.562. The highest BCUT2D eigenvalue weighted by atomic mass is 79.9. The Labute approximate surface area is 162 Å². The molecule has 2 amide bonds. The van der Waals surface area contributed by atoms with Crippen LogP contribution in [-0.2, 0) is 14.3 Å². The van der Waals surface area contributed by atoms with Gasteiger partial charge in [0, 0.05) is 12.5 Å². The van der Waals surface area contributed by atoms with Crippen molar-refractivity contribution in [1.29, 1.82) is 0 Å². The van der Waals surface area contributed by atoms with Crippen LogP contribution >= 0.6 is 31.9 Å². The van der Waals surface area contributed by atoms with Crippen molar-refractivity contribution in [3.63, 3.8) is 0 Å². The van der Waals surface area contributed by atoms with Crippen LogP contribution in [0.3, 0.4) is 0 Å². The zero-order valence-corrected chi connectivity index (χ0v) is 17.0. The summed E-state index contributed by atoms with van der Waals surface area (Å²) < 4.78 is 6.04. The number of methoxy groups -OCH3 is 1. The first kappa shape index (κ1) is 20.0. The van der Waals surface area contributed by atoms with E-state index in [-0.39, 0.29) is 24.3 Å². The van der Waals surface area contributed by atoms with E-state index in [0.29, 0.717) is 18.2 Å². The first-order chi connectivity index (χ1) is 11.9. The van der Waals surface area contributed by atoms with Gasteiger partial charge in [-0.3, -0.25) is 14.4 Å². The van der Waals surface area contributed by atoms with Gasteiger partial charge >= 0.3 is 5.97 Å². The van der Waals surface area contributed by atoms with Crippen LogP contribution in [0.25, 0.3) is 0 Å². The molecule has 2 rings (SSSR count). The van der Waals surface area contributed by atoms with Crippen molar-refractivity contribution in [3.8, 4) is 0 Å². The molecule has 0 spiro atoms. The maximum atomic E-state index is 12.1. The number of amides is 2. The highest BCUT2D eigenvalue weighted by Crippen LogP contribution is 2.28. The summed E-state index contributed by atoms with van der Waals surface area (Å²) in [5.41, 5.74) is 0.495. The van der Waals surface area contributed by atoms with Crippen LogP contribution in [0.1, 0.15) is 36.2 Å². The van der Waals surface area contributed by atoms with Gasteiger partial charge in [-0.1, -0.05) is 0 Å². The summed E-state index contributed by atoms with van der Waals surface area (Å²) in [6, 6.07) is 1.72. The molecule has 0 saturated heterocycles. The van der Waals surface area contributed by atoms with Gasteiger partial charge in [-0.25, -0.2) is 0 Å². The van der Waals surface area contributed by atoms with Crippen molar-refractivity contribution in [2.45, 2.75) is 25.7 Å². The number of aromatic nitrogens is 1. The Kier molecular flexibility index (Phi) is 7.49. The number of aromatic amines is 1. The number of ether oxygens (including phenoxy) is 1. The second-order valence-electron chi connectivity index (χ2n) is 6.07. The van der Waals surface area contributed by atoms with Crippen molar-refractivity contribution in [3.05, 3.63) is 20.8 Å². The average molecular weight is 479 g/mol. The van der Waals surface area contributed by atoms with Crippen molar-refractivity contribution < 1.29 is 19.1 Å². The fourth-order valence-corrected chi connectivity index (χ4v) is 3.52. The van der Waals surface area contributed by atoms with Crippen LogP contribution in [0, 0.1) is 11.8 Å². The number of carbonyl (C=O) groups is 3. The predicted octanol–water partition coefficient (Wildman–Crippen LogP) is 2.37. The molecule has 1 aliphatic rings. The largest absolute Gasteiger partial charge is 0.468 e.